The molecule has 0 saturated heterocycles. The molecule has 4 rings (SSSR count). The Labute approximate surface area is 178 Å². The summed E-state index contributed by atoms with van der Waals surface area (Å²) in [6.07, 6.45) is 0.385. The van der Waals surface area contributed by atoms with Crippen LogP contribution >= 0.6 is 0 Å². The molecule has 0 fully saturated rings. The van der Waals surface area contributed by atoms with Crippen LogP contribution in [-0.4, -0.2) is 68.5 Å². The van der Waals surface area contributed by atoms with Crippen LogP contribution in [0.1, 0.15) is 27.9 Å². The molecule has 0 aromatic heterocycles. The lowest BCUT2D eigenvalue weighted by Gasteiger charge is -2.50. The van der Waals surface area contributed by atoms with Gasteiger partial charge < -0.3 is 26.2 Å². The highest BCUT2D eigenvalue weighted by Crippen LogP contribution is 2.52. The van der Waals surface area contributed by atoms with Crippen LogP contribution in [0.25, 0.3) is 0 Å². The number of Topliss-reactive ketones (excluding diaryl/α,β-unsaturated/α-hetero) is 2. The van der Waals surface area contributed by atoms with Crippen LogP contribution in [0.15, 0.2) is 34.8 Å². The number of primary amides is 1. The van der Waals surface area contributed by atoms with Crippen molar-refractivity contribution in [1.29, 1.82) is 0 Å². The molecule has 31 heavy (non-hydrogen) atoms. The van der Waals surface area contributed by atoms with Gasteiger partial charge in [-0.05, 0) is 57.0 Å². The number of aliphatic hydroxyl groups excluding tert-OH is 2. The first-order chi connectivity index (χ1) is 14.4. The van der Waals surface area contributed by atoms with Gasteiger partial charge in [-0.15, -0.1) is 0 Å². The molecule has 0 aliphatic heterocycles. The van der Waals surface area contributed by atoms with E-state index in [0.717, 1.165) is 5.56 Å². The average Bonchev–Trinajstić information content (AvgIpc) is 2.67. The second kappa shape index (κ2) is 6.66. The van der Waals surface area contributed by atoms with Crippen LogP contribution in [0.4, 0.5) is 0 Å². The summed E-state index contributed by atoms with van der Waals surface area (Å²) in [7, 11) is 3.19. The third-order valence-electron chi connectivity index (χ3n) is 6.84. The second-order valence-electron chi connectivity index (χ2n) is 8.72. The number of hydrogen-bond acceptors (Lipinski definition) is 8. The van der Waals surface area contributed by atoms with Crippen molar-refractivity contribution in [2.24, 2.45) is 17.6 Å². The number of likely N-dealkylation sites (N-methyl/N-ethyl adjacent to an activating group) is 1. The molecule has 0 radical (unpaired) electrons. The van der Waals surface area contributed by atoms with Crippen LogP contribution in [-0.2, 0) is 16.0 Å². The summed E-state index contributed by atoms with van der Waals surface area (Å²) in [4.78, 5) is 39.8. The van der Waals surface area contributed by atoms with Gasteiger partial charge in [0.15, 0.2) is 11.4 Å². The normalized spacial score (nSPS) is 30.3. The van der Waals surface area contributed by atoms with Gasteiger partial charge >= 0.3 is 0 Å². The van der Waals surface area contributed by atoms with E-state index in [4.69, 9.17) is 5.73 Å². The number of nitrogens with zero attached hydrogens (tertiary/aromatic N) is 1. The largest absolute Gasteiger partial charge is 0.510 e. The molecule has 164 valence electrons. The minimum atomic E-state index is -2.61. The summed E-state index contributed by atoms with van der Waals surface area (Å²) in [6.45, 7) is 1.81. The van der Waals surface area contributed by atoms with E-state index in [2.05, 4.69) is 0 Å². The molecule has 9 heteroatoms. The molecule has 3 aliphatic carbocycles. The fraction of sp³-hybridized carbons (Fsp3) is 0.409. The number of fused-ring (bicyclic) bond motifs is 3. The fourth-order valence-electron chi connectivity index (χ4n) is 5.41. The topological polar surface area (TPSA) is 161 Å². The summed E-state index contributed by atoms with van der Waals surface area (Å²) >= 11 is 0. The first-order valence-corrected chi connectivity index (χ1v) is 9.89. The van der Waals surface area contributed by atoms with E-state index in [9.17, 15) is 34.8 Å². The van der Waals surface area contributed by atoms with E-state index in [1.165, 1.54) is 11.0 Å². The number of aryl methyl sites for hydroxylation is 1. The molecule has 9 nitrogen and oxygen atoms in total. The number of rotatable bonds is 2. The SMILES string of the molecule is Cc1ccc(O)c2c1C[C@@H]1C[C@@H]3[C@@H](N(C)C)C(O)=C(C(N)=O)C(=O)[C@]3(O)C(O)=C1C2=O. The van der Waals surface area contributed by atoms with Gasteiger partial charge in [0.1, 0.15) is 22.8 Å². The minimum Gasteiger partial charge on any atom is -0.510 e. The number of nitrogens with two attached hydrogens (primary N) is 1. The Morgan fingerprint density at radius 2 is 1.84 bits per heavy atom. The number of benzene rings is 1. The highest BCUT2D eigenvalue weighted by Gasteiger charge is 2.63. The van der Waals surface area contributed by atoms with Gasteiger partial charge in [0.25, 0.3) is 5.91 Å². The Bertz CT molecular complexity index is 1120. The fourth-order valence-corrected chi connectivity index (χ4v) is 5.41. The summed E-state index contributed by atoms with van der Waals surface area (Å²) in [5.41, 5.74) is 3.18. The monoisotopic (exact) mass is 428 g/mol. The van der Waals surface area contributed by atoms with Gasteiger partial charge in [0.05, 0.1) is 11.6 Å². The number of hydrogen-bond donors (Lipinski definition) is 5. The predicted molar refractivity (Wildman–Crippen MR) is 108 cm³/mol. The minimum absolute atomic E-state index is 0.0285. The first-order valence-electron chi connectivity index (χ1n) is 9.89. The number of phenols is 1. The Hall–Kier alpha value is -3.17. The van der Waals surface area contributed by atoms with Gasteiger partial charge in [0, 0.05) is 11.5 Å². The molecule has 0 saturated carbocycles. The number of ketones is 2. The molecule has 3 aliphatic rings. The van der Waals surface area contributed by atoms with Gasteiger partial charge in [-0.25, -0.2) is 0 Å². The van der Waals surface area contributed by atoms with Gasteiger partial charge in [-0.1, -0.05) is 6.07 Å². The molecule has 0 spiro atoms. The van der Waals surface area contributed by atoms with Crippen molar-refractivity contribution in [3.05, 3.63) is 51.5 Å². The number of amides is 1. The standard InChI is InChI=1S/C22H24N2O7/c1-8-4-5-12(25)14-10(8)6-9-7-11-16(24(2)3)18(27)15(21(23)30)20(29)22(11,31)19(28)13(9)17(14)26/h4-5,9,11,16,25,27-28,31H,6-7H2,1-3H3,(H2,23,30)/t9-,11-,16-,22-/m1/s1. The van der Waals surface area contributed by atoms with E-state index >= 15 is 0 Å². The highest BCUT2D eigenvalue weighted by atomic mass is 16.3. The van der Waals surface area contributed by atoms with Crippen LogP contribution in [0.5, 0.6) is 5.75 Å². The Kier molecular flexibility index (Phi) is 4.53. The Balaban J connectivity index is 1.98. The smallest absolute Gasteiger partial charge is 0.255 e. The maximum atomic E-state index is 13.3. The van der Waals surface area contributed by atoms with Crippen molar-refractivity contribution in [2.45, 2.75) is 31.4 Å². The van der Waals surface area contributed by atoms with E-state index < -0.39 is 58.0 Å². The summed E-state index contributed by atoms with van der Waals surface area (Å²) in [5, 5.41) is 43.5. The number of aliphatic hydroxyl groups is 3. The molecule has 1 aromatic rings. The molecule has 0 unspecified atom stereocenters. The van der Waals surface area contributed by atoms with Gasteiger partial charge in [-0.3, -0.25) is 19.3 Å². The molecule has 1 aromatic carbocycles. The van der Waals surface area contributed by atoms with Crippen molar-refractivity contribution in [3.63, 3.8) is 0 Å². The average molecular weight is 428 g/mol. The molecule has 4 atom stereocenters. The molecule has 1 amide bonds. The van der Waals surface area contributed by atoms with Crippen LogP contribution < -0.4 is 5.73 Å². The maximum Gasteiger partial charge on any atom is 0.255 e. The lowest BCUT2D eigenvalue weighted by Crippen LogP contribution is -2.63. The van der Waals surface area contributed by atoms with Gasteiger partial charge in [0.2, 0.25) is 5.78 Å². The zero-order valence-electron chi connectivity index (χ0n) is 17.3. The van der Waals surface area contributed by atoms with Gasteiger partial charge in [-0.2, -0.15) is 0 Å². The number of carbonyl (C=O) groups is 3. The van der Waals surface area contributed by atoms with Crippen molar-refractivity contribution in [2.75, 3.05) is 14.1 Å². The number of aromatic hydroxyl groups is 1. The van der Waals surface area contributed by atoms with Crippen LogP contribution in [0.3, 0.4) is 0 Å². The van der Waals surface area contributed by atoms with Crippen molar-refractivity contribution in [3.8, 4) is 5.75 Å². The van der Waals surface area contributed by atoms with Crippen LogP contribution in [0, 0.1) is 18.8 Å². The summed E-state index contributed by atoms with van der Waals surface area (Å²) in [6, 6.07) is 2.08. The summed E-state index contributed by atoms with van der Waals surface area (Å²) < 4.78 is 0. The van der Waals surface area contributed by atoms with Crippen LogP contribution in [0.2, 0.25) is 0 Å². The quantitative estimate of drug-likeness (QED) is 0.424. The molecular formula is C22H24N2O7. The second-order valence-corrected chi connectivity index (χ2v) is 8.72. The molecular weight excluding hydrogens is 404 g/mol. The lowest BCUT2D eigenvalue weighted by molar-refractivity contribution is -0.148. The van der Waals surface area contributed by atoms with E-state index in [0.29, 0.717) is 12.0 Å². The Morgan fingerprint density at radius 3 is 2.42 bits per heavy atom. The number of phenolic OH excluding ortho intramolecular Hbond substituents is 1. The molecule has 0 heterocycles. The first kappa shape index (κ1) is 21.1. The van der Waals surface area contributed by atoms with E-state index in [1.807, 2.05) is 0 Å². The molecule has 0 bridgehead atoms. The third kappa shape index (κ3) is 2.60. The zero-order chi connectivity index (χ0) is 23.0. The zero-order valence-corrected chi connectivity index (χ0v) is 17.3. The number of carbonyl (C=O) groups excluding carboxylic acids is 3. The van der Waals surface area contributed by atoms with E-state index in [1.54, 1.807) is 27.1 Å². The third-order valence-corrected chi connectivity index (χ3v) is 6.84. The van der Waals surface area contributed by atoms with Crippen molar-refractivity contribution in [1.82, 2.24) is 4.90 Å². The Morgan fingerprint density at radius 1 is 1.19 bits per heavy atom. The van der Waals surface area contributed by atoms with Crippen molar-refractivity contribution >= 4 is 17.5 Å². The van der Waals surface area contributed by atoms with E-state index in [-0.39, 0.29) is 23.3 Å². The molecule has 6 N–H and O–H groups in total. The predicted octanol–water partition coefficient (Wildman–Crippen LogP) is 0.429. The lowest BCUT2D eigenvalue weighted by atomic mass is 9.58. The summed E-state index contributed by atoms with van der Waals surface area (Å²) in [5.74, 6) is -6.41. The highest BCUT2D eigenvalue weighted by molar-refractivity contribution is 6.24. The maximum absolute atomic E-state index is 13.3. The number of allylic oxidation sites excluding steroid dienone is 1. The van der Waals surface area contributed by atoms with Crippen molar-refractivity contribution < 1.29 is 34.8 Å².